The predicted molar refractivity (Wildman–Crippen MR) is 75.3 cm³/mol. The number of nitrogens with zero attached hydrogens (tertiary/aromatic N) is 1. The zero-order chi connectivity index (χ0) is 14.9. The molecule has 0 bridgehead atoms. The van der Waals surface area contributed by atoms with Crippen LogP contribution in [0, 0.1) is 18.6 Å². The van der Waals surface area contributed by atoms with Crippen LogP contribution in [-0.2, 0) is 0 Å². The van der Waals surface area contributed by atoms with Crippen LogP contribution in [0.15, 0.2) is 28.2 Å². The largest absolute Gasteiger partial charge is 0.301 e. The number of hydrogen-bond acceptors (Lipinski definition) is 3. The average Bonchev–Trinajstić information content (AvgIpc) is 2.41. The maximum absolute atomic E-state index is 13.8. The Morgan fingerprint density at radius 2 is 1.90 bits per heavy atom. The molecule has 1 N–H and O–H groups in total. The van der Waals surface area contributed by atoms with Gasteiger partial charge in [-0.3, -0.25) is 4.79 Å². The van der Waals surface area contributed by atoms with E-state index in [-0.39, 0.29) is 11.1 Å². The summed E-state index contributed by atoms with van der Waals surface area (Å²) in [6.07, 6.45) is 1.77. The Morgan fingerprint density at radius 3 is 2.45 bits per heavy atom. The average molecular weight is 296 g/mol. The third-order valence-corrected chi connectivity index (χ3v) is 3.78. The van der Waals surface area contributed by atoms with Crippen LogP contribution >= 0.6 is 11.8 Å². The van der Waals surface area contributed by atoms with Crippen molar-refractivity contribution in [3.8, 4) is 0 Å². The smallest absolute Gasteiger partial charge is 0.254 e. The Bertz CT molecular complexity index is 680. The fourth-order valence-corrected chi connectivity index (χ4v) is 2.49. The van der Waals surface area contributed by atoms with Gasteiger partial charge in [-0.15, -0.1) is 0 Å². The molecule has 0 aliphatic rings. The van der Waals surface area contributed by atoms with Crippen molar-refractivity contribution in [2.45, 2.75) is 24.9 Å². The monoisotopic (exact) mass is 296 g/mol. The van der Waals surface area contributed by atoms with Crippen molar-refractivity contribution in [2.24, 2.45) is 0 Å². The van der Waals surface area contributed by atoms with E-state index >= 15 is 0 Å². The van der Waals surface area contributed by atoms with Crippen LogP contribution in [-0.4, -0.2) is 16.2 Å². The summed E-state index contributed by atoms with van der Waals surface area (Å²) in [4.78, 5) is 18.7. The third kappa shape index (κ3) is 2.60. The van der Waals surface area contributed by atoms with Crippen molar-refractivity contribution in [1.29, 1.82) is 0 Å². The lowest BCUT2D eigenvalue weighted by Gasteiger charge is -2.15. The zero-order valence-electron chi connectivity index (χ0n) is 11.3. The number of halogens is 2. The topological polar surface area (TPSA) is 45.8 Å². The molecule has 0 aliphatic heterocycles. The number of aromatic nitrogens is 2. The van der Waals surface area contributed by atoms with Crippen molar-refractivity contribution in [1.82, 2.24) is 9.97 Å². The Hall–Kier alpha value is -1.69. The first-order valence-electron chi connectivity index (χ1n) is 6.04. The highest BCUT2D eigenvalue weighted by Crippen LogP contribution is 2.29. The number of rotatable bonds is 3. The van der Waals surface area contributed by atoms with Gasteiger partial charge in [-0.2, -0.15) is 0 Å². The lowest BCUT2D eigenvalue weighted by molar-refractivity contribution is 0.543. The molecule has 0 spiro atoms. The normalized spacial score (nSPS) is 12.4. The van der Waals surface area contributed by atoms with E-state index in [1.54, 1.807) is 20.1 Å². The van der Waals surface area contributed by atoms with Crippen LogP contribution in [0.5, 0.6) is 0 Å². The van der Waals surface area contributed by atoms with Gasteiger partial charge in [0.25, 0.3) is 5.56 Å². The van der Waals surface area contributed by atoms with Gasteiger partial charge in [0.2, 0.25) is 0 Å². The lowest BCUT2D eigenvalue weighted by Crippen LogP contribution is -2.18. The summed E-state index contributed by atoms with van der Waals surface area (Å²) < 4.78 is 27.7. The second kappa shape index (κ2) is 5.75. The fraction of sp³-hybridized carbons (Fsp3) is 0.286. The van der Waals surface area contributed by atoms with E-state index in [0.717, 1.165) is 0 Å². The first-order chi connectivity index (χ1) is 9.45. The van der Waals surface area contributed by atoms with Gasteiger partial charge in [0.15, 0.2) is 5.16 Å². The summed E-state index contributed by atoms with van der Waals surface area (Å²) in [5.41, 5.74) is 0.406. The molecule has 0 aliphatic carbocycles. The molecule has 0 saturated carbocycles. The molecule has 6 heteroatoms. The van der Waals surface area contributed by atoms with Crippen LogP contribution in [0.25, 0.3) is 0 Å². The summed E-state index contributed by atoms with van der Waals surface area (Å²) in [6.45, 7) is 3.24. The number of benzene rings is 1. The van der Waals surface area contributed by atoms with Gasteiger partial charge in [-0.05, 0) is 25.3 Å². The molecule has 1 atom stereocenters. The van der Waals surface area contributed by atoms with Crippen LogP contribution in [0.3, 0.4) is 0 Å². The van der Waals surface area contributed by atoms with E-state index in [1.807, 2.05) is 0 Å². The van der Waals surface area contributed by atoms with E-state index < -0.39 is 17.6 Å². The van der Waals surface area contributed by atoms with Crippen LogP contribution in [0.4, 0.5) is 8.78 Å². The van der Waals surface area contributed by atoms with Crippen LogP contribution in [0.2, 0.25) is 0 Å². The van der Waals surface area contributed by atoms with Crippen molar-refractivity contribution in [3.63, 3.8) is 0 Å². The molecule has 0 fully saturated rings. The number of aromatic amines is 1. The lowest BCUT2D eigenvalue weighted by atomic mass is 9.94. The molecule has 20 heavy (non-hydrogen) atoms. The minimum Gasteiger partial charge on any atom is -0.301 e. The van der Waals surface area contributed by atoms with Gasteiger partial charge in [0.1, 0.15) is 11.6 Å². The van der Waals surface area contributed by atoms with Crippen molar-refractivity contribution in [3.05, 3.63) is 57.0 Å². The quantitative estimate of drug-likeness (QED) is 0.698. The maximum atomic E-state index is 13.8. The van der Waals surface area contributed by atoms with Crippen molar-refractivity contribution >= 4 is 11.8 Å². The molecule has 0 unspecified atom stereocenters. The highest BCUT2D eigenvalue weighted by Gasteiger charge is 2.22. The van der Waals surface area contributed by atoms with E-state index in [0.29, 0.717) is 16.4 Å². The van der Waals surface area contributed by atoms with Gasteiger partial charge in [0.05, 0.1) is 5.69 Å². The minimum atomic E-state index is -0.635. The number of hydrogen-bond donors (Lipinski definition) is 1. The zero-order valence-corrected chi connectivity index (χ0v) is 12.1. The van der Waals surface area contributed by atoms with Gasteiger partial charge in [0, 0.05) is 17.0 Å². The summed E-state index contributed by atoms with van der Waals surface area (Å²) in [6, 6.07) is 3.71. The molecule has 1 heterocycles. The summed E-state index contributed by atoms with van der Waals surface area (Å²) in [5.74, 6) is -1.90. The predicted octanol–water partition coefficient (Wildman–Crippen LogP) is 3.23. The van der Waals surface area contributed by atoms with Gasteiger partial charge >= 0.3 is 0 Å². The standard InChI is InChI=1S/C14H14F2N2OS/c1-7(11-9(15)5-4-6-10(11)16)12-8(2)13(19)18-14(17-12)20-3/h4-7H,1-3H3,(H,17,18,19)/t7-/m1/s1. The Labute approximate surface area is 119 Å². The molecule has 1 aromatic heterocycles. The van der Waals surface area contributed by atoms with Crippen molar-refractivity contribution in [2.75, 3.05) is 6.26 Å². The van der Waals surface area contributed by atoms with Crippen LogP contribution < -0.4 is 5.56 Å². The molecular formula is C14H14F2N2OS. The van der Waals surface area contributed by atoms with E-state index in [4.69, 9.17) is 0 Å². The SMILES string of the molecule is CSc1nc([C@H](C)c2c(F)cccc2F)c(C)c(=O)[nH]1. The minimum absolute atomic E-state index is 0.0687. The van der Waals surface area contributed by atoms with E-state index in [9.17, 15) is 13.6 Å². The number of nitrogens with one attached hydrogen (secondary N) is 1. The summed E-state index contributed by atoms with van der Waals surface area (Å²) in [7, 11) is 0. The maximum Gasteiger partial charge on any atom is 0.254 e. The van der Waals surface area contributed by atoms with Gasteiger partial charge in [-0.25, -0.2) is 13.8 Å². The van der Waals surface area contributed by atoms with Gasteiger partial charge < -0.3 is 4.98 Å². The van der Waals surface area contributed by atoms with E-state index in [1.165, 1.54) is 30.0 Å². The molecule has 0 amide bonds. The molecule has 1 aromatic carbocycles. The molecule has 2 aromatic rings. The first kappa shape index (κ1) is 14.7. The second-order valence-corrected chi connectivity index (χ2v) is 5.24. The molecule has 0 radical (unpaired) electrons. The Balaban J connectivity index is 2.62. The van der Waals surface area contributed by atoms with E-state index in [2.05, 4.69) is 9.97 Å². The number of H-pyrrole nitrogens is 1. The Morgan fingerprint density at radius 1 is 1.30 bits per heavy atom. The van der Waals surface area contributed by atoms with Crippen molar-refractivity contribution < 1.29 is 8.78 Å². The highest BCUT2D eigenvalue weighted by molar-refractivity contribution is 7.98. The molecular weight excluding hydrogens is 282 g/mol. The molecule has 0 saturated heterocycles. The molecule has 2 rings (SSSR count). The molecule has 3 nitrogen and oxygen atoms in total. The second-order valence-electron chi connectivity index (χ2n) is 4.44. The number of thioether (sulfide) groups is 1. The summed E-state index contributed by atoms with van der Waals surface area (Å²) >= 11 is 1.27. The Kier molecular flexibility index (Phi) is 4.23. The third-order valence-electron chi connectivity index (χ3n) is 3.20. The fourth-order valence-electron chi connectivity index (χ4n) is 2.11. The first-order valence-corrected chi connectivity index (χ1v) is 7.27. The highest BCUT2D eigenvalue weighted by atomic mass is 32.2. The molecule has 106 valence electrons. The van der Waals surface area contributed by atoms with Gasteiger partial charge in [-0.1, -0.05) is 24.8 Å². The van der Waals surface area contributed by atoms with Crippen LogP contribution in [0.1, 0.15) is 29.7 Å². The summed E-state index contributed by atoms with van der Waals surface area (Å²) in [5, 5.41) is 0.430.